The summed E-state index contributed by atoms with van der Waals surface area (Å²) in [5.74, 6) is -0.393. The highest BCUT2D eigenvalue weighted by Gasteiger charge is 2.22. The van der Waals surface area contributed by atoms with Crippen molar-refractivity contribution in [3.05, 3.63) is 23.3 Å². The van der Waals surface area contributed by atoms with Crippen molar-refractivity contribution in [2.75, 3.05) is 37.8 Å². The van der Waals surface area contributed by atoms with Gasteiger partial charge in [0.1, 0.15) is 0 Å². The Kier molecular flexibility index (Phi) is 5.07. The van der Waals surface area contributed by atoms with Crippen molar-refractivity contribution in [2.24, 2.45) is 0 Å². The number of carbonyl (C=O) groups excluding carboxylic acids is 1. The number of nitrogens with zero attached hydrogens (tertiary/aromatic N) is 1. The van der Waals surface area contributed by atoms with Crippen LogP contribution in [0, 0.1) is 6.92 Å². The summed E-state index contributed by atoms with van der Waals surface area (Å²) in [7, 11) is 1.37. The average molecular weight is 291 g/mol. The van der Waals surface area contributed by atoms with Crippen LogP contribution < -0.4 is 11.1 Å². The number of methoxy groups -OCH3 is 1. The van der Waals surface area contributed by atoms with Crippen molar-refractivity contribution in [1.29, 1.82) is 0 Å². The highest BCUT2D eigenvalue weighted by atomic mass is 16.5. The van der Waals surface area contributed by atoms with E-state index in [1.807, 2.05) is 13.0 Å². The highest BCUT2D eigenvalue weighted by molar-refractivity contribution is 5.97. The van der Waals surface area contributed by atoms with E-state index in [0.717, 1.165) is 24.3 Å². The number of benzene rings is 1. The number of nitrogens with two attached hydrogens (primary N) is 1. The zero-order valence-corrected chi connectivity index (χ0v) is 13.1. The number of esters is 1. The third-order valence-corrected chi connectivity index (χ3v) is 4.24. The Balaban J connectivity index is 2.10. The van der Waals surface area contributed by atoms with Gasteiger partial charge in [-0.3, -0.25) is 4.90 Å². The molecule has 0 saturated carbocycles. The van der Waals surface area contributed by atoms with Crippen molar-refractivity contribution >= 4 is 17.3 Å². The summed E-state index contributed by atoms with van der Waals surface area (Å²) in [6.45, 7) is 7.25. The third kappa shape index (κ3) is 3.47. The van der Waals surface area contributed by atoms with Crippen molar-refractivity contribution in [2.45, 2.75) is 32.7 Å². The number of aryl methyl sites for hydroxylation is 1. The Labute approximate surface area is 126 Å². The largest absolute Gasteiger partial charge is 0.465 e. The summed E-state index contributed by atoms with van der Waals surface area (Å²) in [6, 6.07) is 4.32. The lowest BCUT2D eigenvalue weighted by atomic mass is 10.1. The number of anilines is 2. The number of hydrogen-bond acceptors (Lipinski definition) is 5. The molecule has 0 bridgehead atoms. The molecular weight excluding hydrogens is 266 g/mol. The molecule has 1 aromatic rings. The van der Waals surface area contributed by atoms with E-state index >= 15 is 0 Å². The van der Waals surface area contributed by atoms with Gasteiger partial charge in [-0.1, -0.05) is 6.92 Å². The zero-order valence-electron chi connectivity index (χ0n) is 13.1. The van der Waals surface area contributed by atoms with Crippen LogP contribution in [0.1, 0.15) is 35.7 Å². The van der Waals surface area contributed by atoms with E-state index in [4.69, 9.17) is 10.5 Å². The molecule has 1 saturated heterocycles. The lowest BCUT2D eigenvalue weighted by Gasteiger charge is -2.23. The molecule has 21 heavy (non-hydrogen) atoms. The van der Waals surface area contributed by atoms with E-state index in [2.05, 4.69) is 17.1 Å². The summed E-state index contributed by atoms with van der Waals surface area (Å²) in [5.41, 5.74) is 8.68. The van der Waals surface area contributed by atoms with Crippen LogP contribution in [0.15, 0.2) is 12.1 Å². The topological polar surface area (TPSA) is 67.6 Å². The average Bonchev–Trinajstić information content (AvgIpc) is 2.95. The molecule has 2 rings (SSSR count). The minimum atomic E-state index is -0.393. The quantitative estimate of drug-likeness (QED) is 0.643. The predicted octanol–water partition coefficient (Wildman–Crippen LogP) is 2.26. The molecule has 0 aromatic heterocycles. The molecule has 1 aliphatic rings. The molecule has 1 aliphatic heterocycles. The van der Waals surface area contributed by atoms with Gasteiger partial charge in [0.25, 0.3) is 0 Å². The molecule has 0 aliphatic carbocycles. The van der Waals surface area contributed by atoms with Gasteiger partial charge in [0.15, 0.2) is 0 Å². The Morgan fingerprint density at radius 2 is 2.29 bits per heavy atom. The van der Waals surface area contributed by atoms with Gasteiger partial charge in [-0.25, -0.2) is 4.79 Å². The van der Waals surface area contributed by atoms with E-state index in [0.29, 0.717) is 17.3 Å². The molecule has 0 spiro atoms. The van der Waals surface area contributed by atoms with Gasteiger partial charge in [-0.15, -0.1) is 0 Å². The monoisotopic (exact) mass is 291 g/mol. The van der Waals surface area contributed by atoms with Gasteiger partial charge in [-0.2, -0.15) is 0 Å². The van der Waals surface area contributed by atoms with Crippen LogP contribution in [0.2, 0.25) is 0 Å². The maximum Gasteiger partial charge on any atom is 0.340 e. The molecule has 0 radical (unpaired) electrons. The van der Waals surface area contributed by atoms with Crippen molar-refractivity contribution in [3.8, 4) is 0 Å². The summed E-state index contributed by atoms with van der Waals surface area (Å²) in [5, 5.41) is 3.43. The molecule has 0 amide bonds. The molecule has 5 nitrogen and oxygen atoms in total. The van der Waals surface area contributed by atoms with Crippen LogP contribution in [-0.2, 0) is 4.74 Å². The van der Waals surface area contributed by atoms with Crippen LogP contribution in [0.4, 0.5) is 11.4 Å². The normalized spacial score (nSPS) is 18.7. The van der Waals surface area contributed by atoms with Gasteiger partial charge in [0.05, 0.1) is 12.7 Å². The fourth-order valence-electron chi connectivity index (χ4n) is 2.96. The first-order valence-electron chi connectivity index (χ1n) is 7.53. The summed E-state index contributed by atoms with van der Waals surface area (Å²) >= 11 is 0. The van der Waals surface area contributed by atoms with Gasteiger partial charge in [0.2, 0.25) is 0 Å². The van der Waals surface area contributed by atoms with Crippen LogP contribution in [0.3, 0.4) is 0 Å². The van der Waals surface area contributed by atoms with Gasteiger partial charge in [0, 0.05) is 24.0 Å². The van der Waals surface area contributed by atoms with Crippen LogP contribution in [0.25, 0.3) is 0 Å². The van der Waals surface area contributed by atoms with E-state index in [1.165, 1.54) is 26.5 Å². The van der Waals surface area contributed by atoms with E-state index in [-0.39, 0.29) is 0 Å². The fourth-order valence-corrected chi connectivity index (χ4v) is 2.96. The predicted molar refractivity (Wildman–Crippen MR) is 85.7 cm³/mol. The Morgan fingerprint density at radius 1 is 1.52 bits per heavy atom. The Bertz CT molecular complexity index is 516. The number of nitrogen functional groups attached to an aromatic ring is 1. The minimum absolute atomic E-state index is 0.393. The smallest absolute Gasteiger partial charge is 0.340 e. The number of carbonyl (C=O) groups is 1. The van der Waals surface area contributed by atoms with Crippen LogP contribution in [-0.4, -0.2) is 43.7 Å². The van der Waals surface area contributed by atoms with Gasteiger partial charge in [-0.05, 0) is 50.6 Å². The summed E-state index contributed by atoms with van der Waals surface area (Å²) < 4.78 is 4.78. The summed E-state index contributed by atoms with van der Waals surface area (Å²) in [6.07, 6.45) is 2.48. The van der Waals surface area contributed by atoms with Crippen LogP contribution in [0.5, 0.6) is 0 Å². The molecule has 1 atom stereocenters. The highest BCUT2D eigenvalue weighted by Crippen LogP contribution is 2.24. The molecule has 1 unspecified atom stereocenters. The number of ether oxygens (including phenoxy) is 1. The molecule has 1 fully saturated rings. The fraction of sp³-hybridized carbons (Fsp3) is 0.562. The molecule has 116 valence electrons. The second-order valence-corrected chi connectivity index (χ2v) is 5.55. The molecule has 1 aromatic carbocycles. The van der Waals surface area contributed by atoms with Gasteiger partial charge < -0.3 is 15.8 Å². The second-order valence-electron chi connectivity index (χ2n) is 5.55. The molecular formula is C16H25N3O2. The van der Waals surface area contributed by atoms with Crippen molar-refractivity contribution in [3.63, 3.8) is 0 Å². The first-order valence-corrected chi connectivity index (χ1v) is 7.53. The number of likely N-dealkylation sites (tertiary alicyclic amines) is 1. The maximum atomic E-state index is 11.8. The standard InChI is InChI=1S/C16H25N3O2/c1-4-19-7-5-6-13(19)10-18-12-8-11(2)15(17)14(9-12)16(20)21-3/h8-9,13,18H,4-7,10,17H2,1-3H3. The first-order chi connectivity index (χ1) is 10.1. The first kappa shape index (κ1) is 15.6. The van der Waals surface area contributed by atoms with Crippen molar-refractivity contribution in [1.82, 2.24) is 4.90 Å². The number of hydrogen-bond donors (Lipinski definition) is 2. The SMILES string of the molecule is CCN1CCCC1CNc1cc(C)c(N)c(C(=O)OC)c1. The zero-order chi connectivity index (χ0) is 15.4. The summed E-state index contributed by atoms with van der Waals surface area (Å²) in [4.78, 5) is 14.2. The van der Waals surface area contributed by atoms with Crippen LogP contribution >= 0.6 is 0 Å². The molecule has 5 heteroatoms. The van der Waals surface area contributed by atoms with E-state index < -0.39 is 5.97 Å². The number of likely N-dealkylation sites (N-methyl/N-ethyl adjacent to an activating group) is 1. The second kappa shape index (κ2) is 6.80. The van der Waals surface area contributed by atoms with E-state index in [9.17, 15) is 4.79 Å². The Morgan fingerprint density at radius 3 is 2.95 bits per heavy atom. The molecule has 1 heterocycles. The lowest BCUT2D eigenvalue weighted by Crippen LogP contribution is -2.34. The minimum Gasteiger partial charge on any atom is -0.465 e. The Hall–Kier alpha value is -1.75. The number of nitrogens with one attached hydrogen (secondary N) is 1. The number of rotatable bonds is 5. The third-order valence-electron chi connectivity index (χ3n) is 4.24. The lowest BCUT2D eigenvalue weighted by molar-refractivity contribution is 0.0602. The molecule has 3 N–H and O–H groups in total. The van der Waals surface area contributed by atoms with E-state index in [1.54, 1.807) is 6.07 Å². The van der Waals surface area contributed by atoms with Crippen molar-refractivity contribution < 1.29 is 9.53 Å². The van der Waals surface area contributed by atoms with Gasteiger partial charge >= 0.3 is 5.97 Å². The maximum absolute atomic E-state index is 11.8.